The second-order valence-electron chi connectivity index (χ2n) is 7.92. The van der Waals surface area contributed by atoms with E-state index < -0.39 is 0 Å². The van der Waals surface area contributed by atoms with E-state index in [9.17, 15) is 9.59 Å². The van der Waals surface area contributed by atoms with Crippen molar-refractivity contribution < 1.29 is 14.3 Å². The number of unbranched alkanes of at least 4 members (excludes halogenated alkanes) is 1. The molecule has 6 nitrogen and oxygen atoms in total. The first-order valence-corrected chi connectivity index (χ1v) is 9.96. The molecule has 2 rings (SSSR count). The lowest BCUT2D eigenvalue weighted by Crippen LogP contribution is -2.40. The molecule has 156 valence electrons. The fourth-order valence-corrected chi connectivity index (χ4v) is 2.57. The van der Waals surface area contributed by atoms with Crippen molar-refractivity contribution in [3.8, 4) is 5.75 Å². The number of carbonyl (C=O) groups excluding carboxylic acids is 2. The number of anilines is 2. The summed E-state index contributed by atoms with van der Waals surface area (Å²) in [5.74, 6) is 0.410. The Bertz CT molecular complexity index is 828. The summed E-state index contributed by atoms with van der Waals surface area (Å²) in [6, 6.07) is 14.4. The topological polar surface area (TPSA) is 79.5 Å². The van der Waals surface area contributed by atoms with Gasteiger partial charge in [-0.3, -0.25) is 9.59 Å². The van der Waals surface area contributed by atoms with Gasteiger partial charge in [-0.25, -0.2) is 0 Å². The Morgan fingerprint density at radius 3 is 2.45 bits per heavy atom. The number of rotatable bonds is 9. The molecule has 2 aromatic carbocycles. The number of carbonyl (C=O) groups is 2. The molecule has 0 aliphatic rings. The molecule has 0 saturated carbocycles. The van der Waals surface area contributed by atoms with Gasteiger partial charge in [-0.05, 0) is 57.5 Å². The van der Waals surface area contributed by atoms with E-state index in [2.05, 4.69) is 22.9 Å². The molecule has 0 spiro atoms. The molecule has 0 bridgehead atoms. The van der Waals surface area contributed by atoms with Crippen molar-refractivity contribution in [2.24, 2.45) is 0 Å². The lowest BCUT2D eigenvalue weighted by Gasteiger charge is -2.20. The summed E-state index contributed by atoms with van der Waals surface area (Å²) in [7, 11) is 0. The van der Waals surface area contributed by atoms with Crippen LogP contribution < -0.4 is 20.7 Å². The Morgan fingerprint density at radius 2 is 1.72 bits per heavy atom. The largest absolute Gasteiger partial charge is 0.494 e. The predicted octanol–water partition coefficient (Wildman–Crippen LogP) is 4.44. The minimum Gasteiger partial charge on any atom is -0.494 e. The quantitative estimate of drug-likeness (QED) is 0.547. The van der Waals surface area contributed by atoms with Gasteiger partial charge in [0.05, 0.1) is 13.2 Å². The van der Waals surface area contributed by atoms with Crippen molar-refractivity contribution in [1.29, 1.82) is 0 Å². The van der Waals surface area contributed by atoms with E-state index in [0.717, 1.165) is 18.6 Å². The third kappa shape index (κ3) is 8.25. The van der Waals surface area contributed by atoms with E-state index >= 15 is 0 Å². The fraction of sp³-hybridized carbons (Fsp3) is 0.391. The molecule has 0 atom stereocenters. The van der Waals surface area contributed by atoms with Crippen LogP contribution in [0.1, 0.15) is 50.9 Å². The first-order valence-electron chi connectivity index (χ1n) is 9.96. The van der Waals surface area contributed by atoms with Gasteiger partial charge in [-0.2, -0.15) is 0 Å². The van der Waals surface area contributed by atoms with Crippen molar-refractivity contribution in [3.63, 3.8) is 0 Å². The van der Waals surface area contributed by atoms with Gasteiger partial charge in [-0.1, -0.05) is 25.5 Å². The van der Waals surface area contributed by atoms with Crippen LogP contribution in [0.3, 0.4) is 0 Å². The monoisotopic (exact) mass is 397 g/mol. The van der Waals surface area contributed by atoms with Crippen LogP contribution in [-0.2, 0) is 4.79 Å². The molecule has 0 aromatic heterocycles. The van der Waals surface area contributed by atoms with Gasteiger partial charge in [0.1, 0.15) is 5.75 Å². The third-order valence-electron chi connectivity index (χ3n) is 3.95. The summed E-state index contributed by atoms with van der Waals surface area (Å²) in [4.78, 5) is 24.6. The molecule has 0 saturated heterocycles. The highest BCUT2D eigenvalue weighted by Crippen LogP contribution is 2.18. The van der Waals surface area contributed by atoms with Crippen LogP contribution >= 0.6 is 0 Å². The maximum absolute atomic E-state index is 12.3. The minimum atomic E-state index is -0.310. The smallest absolute Gasteiger partial charge is 0.251 e. The summed E-state index contributed by atoms with van der Waals surface area (Å²) in [5, 5.41) is 8.83. The normalized spacial score (nSPS) is 10.9. The Kier molecular flexibility index (Phi) is 8.07. The standard InChI is InChI=1S/C23H31N3O3/c1-5-6-13-29-20-12-8-11-19(15-20)25-21(27)16-24-18-10-7-9-17(14-18)22(28)26-23(2,3)4/h7-12,14-15,24H,5-6,13,16H2,1-4H3,(H,25,27)(H,26,28). The molecule has 0 aliphatic heterocycles. The highest BCUT2D eigenvalue weighted by molar-refractivity contribution is 5.96. The van der Waals surface area contributed by atoms with Gasteiger partial charge in [0.25, 0.3) is 5.91 Å². The highest BCUT2D eigenvalue weighted by Gasteiger charge is 2.15. The van der Waals surface area contributed by atoms with Crippen LogP contribution in [0.2, 0.25) is 0 Å². The fourth-order valence-electron chi connectivity index (χ4n) is 2.57. The minimum absolute atomic E-state index is 0.0886. The van der Waals surface area contributed by atoms with E-state index in [-0.39, 0.29) is 23.9 Å². The van der Waals surface area contributed by atoms with Gasteiger partial charge >= 0.3 is 0 Å². The van der Waals surface area contributed by atoms with E-state index in [1.54, 1.807) is 18.2 Å². The molecular formula is C23H31N3O3. The molecule has 0 fully saturated rings. The Labute approximate surface area is 173 Å². The molecule has 0 heterocycles. The molecule has 0 radical (unpaired) electrons. The average molecular weight is 398 g/mol. The van der Waals surface area contributed by atoms with Gasteiger partial charge in [0.15, 0.2) is 0 Å². The predicted molar refractivity (Wildman–Crippen MR) is 118 cm³/mol. The lowest BCUT2D eigenvalue weighted by molar-refractivity contribution is -0.114. The van der Waals surface area contributed by atoms with Crippen molar-refractivity contribution in [3.05, 3.63) is 54.1 Å². The second kappa shape index (κ2) is 10.5. The number of nitrogens with one attached hydrogen (secondary N) is 3. The number of ether oxygens (including phenoxy) is 1. The first kappa shape index (κ1) is 22.3. The van der Waals surface area contributed by atoms with Crippen molar-refractivity contribution in [2.75, 3.05) is 23.8 Å². The van der Waals surface area contributed by atoms with Gasteiger partial charge < -0.3 is 20.7 Å². The van der Waals surface area contributed by atoms with E-state index in [0.29, 0.717) is 23.5 Å². The van der Waals surface area contributed by atoms with Gasteiger partial charge in [-0.15, -0.1) is 0 Å². The number of hydrogen-bond acceptors (Lipinski definition) is 4. The molecular weight excluding hydrogens is 366 g/mol. The van der Waals surface area contributed by atoms with E-state index in [1.165, 1.54) is 0 Å². The summed E-state index contributed by atoms with van der Waals surface area (Å²) < 4.78 is 5.66. The molecule has 29 heavy (non-hydrogen) atoms. The number of benzene rings is 2. The zero-order chi connectivity index (χ0) is 21.3. The van der Waals surface area contributed by atoms with Gasteiger partial charge in [0.2, 0.25) is 5.91 Å². The maximum atomic E-state index is 12.3. The van der Waals surface area contributed by atoms with Crippen LogP contribution in [0, 0.1) is 0 Å². The van der Waals surface area contributed by atoms with Crippen LogP contribution in [0.4, 0.5) is 11.4 Å². The zero-order valence-corrected chi connectivity index (χ0v) is 17.7. The summed E-state index contributed by atoms with van der Waals surface area (Å²) in [6.07, 6.45) is 2.06. The SMILES string of the molecule is CCCCOc1cccc(NC(=O)CNc2cccc(C(=O)NC(C)(C)C)c2)c1. The average Bonchev–Trinajstić information content (AvgIpc) is 2.66. The van der Waals surface area contributed by atoms with Crippen LogP contribution in [-0.4, -0.2) is 30.5 Å². The first-order chi connectivity index (χ1) is 13.8. The Balaban J connectivity index is 1.89. The summed E-state index contributed by atoms with van der Waals surface area (Å²) in [6.45, 7) is 8.66. The van der Waals surface area contributed by atoms with E-state index in [4.69, 9.17) is 4.74 Å². The summed E-state index contributed by atoms with van der Waals surface area (Å²) in [5.41, 5.74) is 1.62. The zero-order valence-electron chi connectivity index (χ0n) is 17.7. The maximum Gasteiger partial charge on any atom is 0.251 e. The van der Waals surface area contributed by atoms with Crippen LogP contribution in [0.5, 0.6) is 5.75 Å². The second-order valence-corrected chi connectivity index (χ2v) is 7.92. The summed E-state index contributed by atoms with van der Waals surface area (Å²) >= 11 is 0. The van der Waals surface area contributed by atoms with Crippen molar-refractivity contribution >= 4 is 23.2 Å². The van der Waals surface area contributed by atoms with Crippen molar-refractivity contribution in [1.82, 2.24) is 5.32 Å². The molecule has 3 N–H and O–H groups in total. The third-order valence-corrected chi connectivity index (χ3v) is 3.95. The van der Waals surface area contributed by atoms with Crippen molar-refractivity contribution in [2.45, 2.75) is 46.1 Å². The number of hydrogen-bond donors (Lipinski definition) is 3. The Morgan fingerprint density at radius 1 is 1.00 bits per heavy atom. The molecule has 6 heteroatoms. The molecule has 2 amide bonds. The number of amides is 2. The van der Waals surface area contributed by atoms with E-state index in [1.807, 2.05) is 51.1 Å². The van der Waals surface area contributed by atoms with Crippen LogP contribution in [0.25, 0.3) is 0 Å². The van der Waals surface area contributed by atoms with Gasteiger partial charge in [0, 0.05) is 28.5 Å². The lowest BCUT2D eigenvalue weighted by atomic mass is 10.1. The highest BCUT2D eigenvalue weighted by atomic mass is 16.5. The van der Waals surface area contributed by atoms with Crippen LogP contribution in [0.15, 0.2) is 48.5 Å². The molecule has 0 unspecified atom stereocenters. The Hall–Kier alpha value is -3.02. The molecule has 0 aliphatic carbocycles. The molecule has 2 aromatic rings.